The van der Waals surface area contributed by atoms with E-state index >= 15 is 0 Å². The van der Waals surface area contributed by atoms with Crippen LogP contribution in [0.3, 0.4) is 0 Å². The zero-order valence-corrected chi connectivity index (χ0v) is 11.5. The van der Waals surface area contributed by atoms with Crippen molar-refractivity contribution in [2.45, 2.75) is 32.1 Å². The van der Waals surface area contributed by atoms with Crippen molar-refractivity contribution in [1.82, 2.24) is 5.32 Å². The zero-order valence-electron chi connectivity index (χ0n) is 11.5. The summed E-state index contributed by atoms with van der Waals surface area (Å²) >= 11 is 0. The van der Waals surface area contributed by atoms with E-state index in [1.54, 1.807) is 0 Å². The summed E-state index contributed by atoms with van der Waals surface area (Å²) in [7, 11) is 0. The molecule has 1 fully saturated rings. The van der Waals surface area contributed by atoms with Gasteiger partial charge in [-0.3, -0.25) is 9.59 Å². The van der Waals surface area contributed by atoms with Gasteiger partial charge in [0.05, 0.1) is 11.8 Å². The lowest BCUT2D eigenvalue weighted by atomic mass is 9.95. The Morgan fingerprint density at radius 1 is 1.15 bits per heavy atom. The van der Waals surface area contributed by atoms with Gasteiger partial charge in [0.15, 0.2) is 0 Å². The molecule has 1 aliphatic carbocycles. The number of carbonyl (C=O) groups is 2. The van der Waals surface area contributed by atoms with E-state index in [0.717, 1.165) is 19.3 Å². The van der Waals surface area contributed by atoms with Gasteiger partial charge in [0.25, 0.3) is 0 Å². The van der Waals surface area contributed by atoms with Crippen LogP contribution in [-0.2, 0) is 16.0 Å². The molecular weight excluding hydrogens is 254 g/mol. The first-order chi connectivity index (χ1) is 9.68. The minimum absolute atomic E-state index is 0.0945. The van der Waals surface area contributed by atoms with E-state index in [-0.39, 0.29) is 11.8 Å². The van der Waals surface area contributed by atoms with Crippen LogP contribution in [0.2, 0.25) is 0 Å². The fourth-order valence-corrected chi connectivity index (χ4v) is 2.85. The molecule has 4 nitrogen and oxygen atoms in total. The number of hydrogen-bond donors (Lipinski definition) is 2. The maximum absolute atomic E-state index is 12.0. The molecule has 2 rings (SSSR count). The van der Waals surface area contributed by atoms with Crippen molar-refractivity contribution in [3.8, 4) is 0 Å². The predicted molar refractivity (Wildman–Crippen MR) is 76.2 cm³/mol. The standard InChI is InChI=1S/C16H21NO3/c18-15(13-9-4-10-14(13)16(19)20)17-11-5-8-12-6-2-1-3-7-12/h1-3,6-7,13-14H,4-5,8-11H2,(H,17,18)(H,19,20)/t13-,14+/m1/s1. The summed E-state index contributed by atoms with van der Waals surface area (Å²) in [6.45, 7) is 0.608. The molecule has 2 atom stereocenters. The number of nitrogens with one attached hydrogen (secondary N) is 1. The third-order valence-corrected chi connectivity index (χ3v) is 3.95. The minimum Gasteiger partial charge on any atom is -0.481 e. The molecule has 0 bridgehead atoms. The third kappa shape index (κ3) is 3.83. The smallest absolute Gasteiger partial charge is 0.307 e. The van der Waals surface area contributed by atoms with Crippen molar-refractivity contribution < 1.29 is 14.7 Å². The van der Waals surface area contributed by atoms with E-state index in [0.29, 0.717) is 19.4 Å². The fraction of sp³-hybridized carbons (Fsp3) is 0.500. The number of aliphatic carboxylic acids is 1. The van der Waals surface area contributed by atoms with E-state index in [1.807, 2.05) is 18.2 Å². The van der Waals surface area contributed by atoms with Crippen molar-refractivity contribution in [1.29, 1.82) is 0 Å². The highest BCUT2D eigenvalue weighted by Gasteiger charge is 2.37. The number of amides is 1. The van der Waals surface area contributed by atoms with Crippen LogP contribution in [-0.4, -0.2) is 23.5 Å². The highest BCUT2D eigenvalue weighted by molar-refractivity contribution is 5.85. The van der Waals surface area contributed by atoms with Gasteiger partial charge in [0.1, 0.15) is 0 Å². The Morgan fingerprint density at radius 2 is 1.85 bits per heavy atom. The van der Waals surface area contributed by atoms with Gasteiger partial charge in [-0.05, 0) is 31.2 Å². The molecule has 1 aromatic rings. The Morgan fingerprint density at radius 3 is 2.55 bits per heavy atom. The maximum Gasteiger partial charge on any atom is 0.307 e. The number of carboxylic acid groups (broad SMARTS) is 1. The minimum atomic E-state index is -0.841. The van der Waals surface area contributed by atoms with E-state index in [1.165, 1.54) is 5.56 Å². The molecule has 108 valence electrons. The molecule has 1 aliphatic rings. The molecule has 0 saturated heterocycles. The number of aryl methyl sites for hydroxylation is 1. The van der Waals surface area contributed by atoms with Crippen molar-refractivity contribution >= 4 is 11.9 Å². The second kappa shape index (κ2) is 7.08. The van der Waals surface area contributed by atoms with Crippen LogP contribution in [0.15, 0.2) is 30.3 Å². The first kappa shape index (κ1) is 14.6. The highest BCUT2D eigenvalue weighted by atomic mass is 16.4. The van der Waals surface area contributed by atoms with Crippen LogP contribution >= 0.6 is 0 Å². The molecule has 0 heterocycles. The summed E-state index contributed by atoms with van der Waals surface area (Å²) in [4.78, 5) is 23.0. The lowest BCUT2D eigenvalue weighted by Gasteiger charge is -2.15. The van der Waals surface area contributed by atoms with Gasteiger partial charge in [-0.25, -0.2) is 0 Å². The van der Waals surface area contributed by atoms with Gasteiger partial charge in [-0.1, -0.05) is 36.8 Å². The summed E-state index contributed by atoms with van der Waals surface area (Å²) < 4.78 is 0. The molecule has 0 spiro atoms. The SMILES string of the molecule is O=C(O)[C@H]1CCC[C@H]1C(=O)NCCCc1ccccc1. The molecule has 1 aromatic carbocycles. The van der Waals surface area contributed by atoms with Crippen LogP contribution in [0, 0.1) is 11.8 Å². The quantitative estimate of drug-likeness (QED) is 0.782. The highest BCUT2D eigenvalue weighted by Crippen LogP contribution is 2.31. The lowest BCUT2D eigenvalue weighted by molar-refractivity contribution is -0.146. The van der Waals surface area contributed by atoms with Gasteiger partial charge in [-0.2, -0.15) is 0 Å². The van der Waals surface area contributed by atoms with Gasteiger partial charge in [-0.15, -0.1) is 0 Å². The fourth-order valence-electron chi connectivity index (χ4n) is 2.85. The van der Waals surface area contributed by atoms with Gasteiger partial charge < -0.3 is 10.4 Å². The average Bonchev–Trinajstić information content (AvgIpc) is 2.94. The van der Waals surface area contributed by atoms with Gasteiger partial charge in [0.2, 0.25) is 5.91 Å². The van der Waals surface area contributed by atoms with Crippen LogP contribution in [0.1, 0.15) is 31.2 Å². The summed E-state index contributed by atoms with van der Waals surface area (Å²) in [6, 6.07) is 10.1. The Labute approximate surface area is 119 Å². The zero-order chi connectivity index (χ0) is 14.4. The molecule has 4 heteroatoms. The van der Waals surface area contributed by atoms with Crippen LogP contribution < -0.4 is 5.32 Å². The lowest BCUT2D eigenvalue weighted by Crippen LogP contribution is -2.35. The Balaban J connectivity index is 1.71. The molecular formula is C16H21NO3. The van der Waals surface area contributed by atoms with Crippen LogP contribution in [0.25, 0.3) is 0 Å². The molecule has 0 aliphatic heterocycles. The third-order valence-electron chi connectivity index (χ3n) is 3.95. The molecule has 0 radical (unpaired) electrons. The van der Waals surface area contributed by atoms with E-state index < -0.39 is 11.9 Å². The number of carbonyl (C=O) groups excluding carboxylic acids is 1. The van der Waals surface area contributed by atoms with E-state index in [4.69, 9.17) is 5.11 Å². The molecule has 0 unspecified atom stereocenters. The summed E-state index contributed by atoms with van der Waals surface area (Å²) in [5.41, 5.74) is 1.26. The van der Waals surface area contributed by atoms with Crippen molar-refractivity contribution in [2.24, 2.45) is 11.8 Å². The molecule has 1 amide bonds. The number of hydrogen-bond acceptors (Lipinski definition) is 2. The number of benzene rings is 1. The maximum atomic E-state index is 12.0. The Hall–Kier alpha value is -1.84. The number of carboxylic acids is 1. The summed E-state index contributed by atoms with van der Waals surface area (Å²) in [6.07, 6.45) is 3.95. The average molecular weight is 275 g/mol. The van der Waals surface area contributed by atoms with Crippen LogP contribution in [0.5, 0.6) is 0 Å². The topological polar surface area (TPSA) is 66.4 Å². The molecule has 0 aromatic heterocycles. The molecule has 20 heavy (non-hydrogen) atoms. The Kier molecular flexibility index (Phi) is 5.16. The monoisotopic (exact) mass is 275 g/mol. The Bertz CT molecular complexity index is 458. The van der Waals surface area contributed by atoms with Crippen molar-refractivity contribution in [3.63, 3.8) is 0 Å². The van der Waals surface area contributed by atoms with E-state index in [2.05, 4.69) is 17.4 Å². The second-order valence-electron chi connectivity index (χ2n) is 5.36. The largest absolute Gasteiger partial charge is 0.481 e. The van der Waals surface area contributed by atoms with Crippen molar-refractivity contribution in [2.75, 3.05) is 6.54 Å². The summed E-state index contributed by atoms with van der Waals surface area (Å²) in [5, 5.41) is 12.0. The predicted octanol–water partition coefficient (Wildman–Crippen LogP) is 2.24. The van der Waals surface area contributed by atoms with Crippen molar-refractivity contribution in [3.05, 3.63) is 35.9 Å². The van der Waals surface area contributed by atoms with E-state index in [9.17, 15) is 9.59 Å². The van der Waals surface area contributed by atoms with Gasteiger partial charge in [0, 0.05) is 6.54 Å². The normalized spacial score (nSPS) is 21.6. The first-order valence-electron chi connectivity index (χ1n) is 7.23. The second-order valence-corrected chi connectivity index (χ2v) is 5.36. The number of rotatable bonds is 6. The molecule has 2 N–H and O–H groups in total. The molecule has 1 saturated carbocycles. The van der Waals surface area contributed by atoms with Crippen LogP contribution in [0.4, 0.5) is 0 Å². The van der Waals surface area contributed by atoms with Gasteiger partial charge >= 0.3 is 5.97 Å². The first-order valence-corrected chi connectivity index (χ1v) is 7.23. The summed E-state index contributed by atoms with van der Waals surface area (Å²) in [5.74, 6) is -1.77.